The van der Waals surface area contributed by atoms with E-state index in [0.717, 1.165) is 22.6 Å². The van der Waals surface area contributed by atoms with Crippen LogP contribution in [0.3, 0.4) is 0 Å². The number of hydrogen-bond acceptors (Lipinski definition) is 7. The summed E-state index contributed by atoms with van der Waals surface area (Å²) in [4.78, 5) is 29.9. The van der Waals surface area contributed by atoms with Crippen molar-refractivity contribution in [3.05, 3.63) is 105 Å². The van der Waals surface area contributed by atoms with Gasteiger partial charge in [-0.25, -0.2) is 0 Å². The van der Waals surface area contributed by atoms with Crippen LogP contribution in [0.1, 0.15) is 34.7 Å². The van der Waals surface area contributed by atoms with Crippen molar-refractivity contribution in [2.45, 2.75) is 25.9 Å². The molecule has 13 heteroatoms. The lowest BCUT2D eigenvalue weighted by molar-refractivity contribution is -0.384. The molecule has 2 aromatic heterocycles. The highest BCUT2D eigenvalue weighted by Gasteiger charge is 2.42. The number of anilines is 2. The Labute approximate surface area is 258 Å². The molecule has 1 aliphatic heterocycles. The monoisotopic (exact) mass is 620 g/mol. The molecule has 222 valence electrons. The second-order valence-electron chi connectivity index (χ2n) is 9.92. The highest BCUT2D eigenvalue weighted by atomic mass is 35.5. The van der Waals surface area contributed by atoms with E-state index < -0.39 is 4.92 Å². The van der Waals surface area contributed by atoms with Crippen LogP contribution in [-0.2, 0) is 9.53 Å². The molecule has 1 saturated heterocycles. The number of nitro benzene ring substituents is 1. The van der Waals surface area contributed by atoms with Gasteiger partial charge in [-0.05, 0) is 74.1 Å². The Morgan fingerprint density at radius 3 is 2.60 bits per heavy atom. The van der Waals surface area contributed by atoms with Crippen molar-refractivity contribution >= 4 is 51.9 Å². The third-order valence-electron chi connectivity index (χ3n) is 7.28. The molecule has 4 aromatic rings. The first-order valence-electron chi connectivity index (χ1n) is 13.2. The van der Waals surface area contributed by atoms with Crippen molar-refractivity contribution in [3.8, 4) is 11.4 Å². The Kier molecular flexibility index (Phi) is 8.62. The summed E-state index contributed by atoms with van der Waals surface area (Å²) in [5, 5.41) is 18.6. The molecule has 1 amide bonds. The van der Waals surface area contributed by atoms with Crippen molar-refractivity contribution in [1.29, 1.82) is 0 Å². The second-order valence-corrected chi connectivity index (χ2v) is 10.7. The minimum absolute atomic E-state index is 0.0473. The highest BCUT2D eigenvalue weighted by Crippen LogP contribution is 2.45. The number of nitrogens with zero attached hydrogens (tertiary/aromatic N) is 4. The van der Waals surface area contributed by atoms with E-state index in [0.29, 0.717) is 32.9 Å². The molecule has 0 saturated carbocycles. The van der Waals surface area contributed by atoms with Crippen LogP contribution in [0, 0.1) is 24.0 Å². The Hall–Kier alpha value is -4.52. The van der Waals surface area contributed by atoms with Crippen LogP contribution in [-0.4, -0.2) is 46.3 Å². The fraction of sp³-hybridized carbons (Fsp3) is 0.233. The predicted molar refractivity (Wildman–Crippen MR) is 168 cm³/mol. The van der Waals surface area contributed by atoms with Crippen LogP contribution in [0.2, 0.25) is 5.02 Å². The number of carbonyl (C=O) groups is 1. The van der Waals surface area contributed by atoms with E-state index >= 15 is 0 Å². The van der Waals surface area contributed by atoms with E-state index in [-0.39, 0.29) is 30.3 Å². The van der Waals surface area contributed by atoms with E-state index in [4.69, 9.17) is 33.3 Å². The average molecular weight is 621 g/mol. The number of carbonyl (C=O) groups excluding carboxylic acids is 1. The number of ether oxygens (including phenoxy) is 2. The zero-order valence-corrected chi connectivity index (χ0v) is 25.4. The van der Waals surface area contributed by atoms with Crippen LogP contribution in [0.5, 0.6) is 5.75 Å². The van der Waals surface area contributed by atoms with Gasteiger partial charge in [-0.15, -0.1) is 0 Å². The van der Waals surface area contributed by atoms with Crippen molar-refractivity contribution in [1.82, 2.24) is 14.9 Å². The number of pyridine rings is 1. The van der Waals surface area contributed by atoms with Crippen LogP contribution in [0.25, 0.3) is 5.69 Å². The van der Waals surface area contributed by atoms with E-state index in [1.54, 1.807) is 24.4 Å². The van der Waals surface area contributed by atoms with Crippen LogP contribution in [0.15, 0.2) is 66.9 Å². The molecule has 0 aliphatic carbocycles. The number of nitrogens with one attached hydrogen (secondary N) is 2. The lowest BCUT2D eigenvalue weighted by Gasteiger charge is -2.28. The number of rotatable bonds is 9. The van der Waals surface area contributed by atoms with Gasteiger partial charge in [0.2, 0.25) is 5.91 Å². The van der Waals surface area contributed by atoms with Gasteiger partial charge >= 0.3 is 0 Å². The van der Waals surface area contributed by atoms with Gasteiger partial charge in [0, 0.05) is 42.5 Å². The van der Waals surface area contributed by atoms with Gasteiger partial charge in [-0.1, -0.05) is 17.7 Å². The zero-order chi connectivity index (χ0) is 30.8. The lowest BCUT2D eigenvalue weighted by Crippen LogP contribution is -2.29. The number of aromatic nitrogens is 2. The number of nitro groups is 1. The maximum atomic E-state index is 12.1. The number of benzene rings is 2. The van der Waals surface area contributed by atoms with Crippen LogP contribution < -0.4 is 20.3 Å². The maximum absolute atomic E-state index is 12.1. The minimum Gasteiger partial charge on any atom is -0.495 e. The zero-order valence-electron chi connectivity index (χ0n) is 23.8. The van der Waals surface area contributed by atoms with Gasteiger partial charge in [0.05, 0.1) is 46.2 Å². The topological polar surface area (TPSA) is 124 Å². The van der Waals surface area contributed by atoms with Gasteiger partial charge in [-0.3, -0.25) is 19.9 Å². The molecule has 11 nitrogen and oxygen atoms in total. The minimum atomic E-state index is -0.429. The summed E-state index contributed by atoms with van der Waals surface area (Å²) in [6.07, 6.45) is 1.73. The first-order chi connectivity index (χ1) is 20.6. The number of halogens is 1. The Morgan fingerprint density at radius 2 is 1.95 bits per heavy atom. The number of methoxy groups -OCH3 is 2. The van der Waals surface area contributed by atoms with Crippen molar-refractivity contribution in [2.75, 3.05) is 31.0 Å². The molecule has 0 bridgehead atoms. The Morgan fingerprint density at radius 1 is 1.16 bits per heavy atom. The lowest BCUT2D eigenvalue weighted by atomic mass is 9.96. The van der Waals surface area contributed by atoms with Crippen molar-refractivity contribution in [3.63, 3.8) is 0 Å². The third-order valence-corrected chi connectivity index (χ3v) is 7.91. The summed E-state index contributed by atoms with van der Waals surface area (Å²) < 4.78 is 12.4. The Bertz CT molecular complexity index is 1710. The van der Waals surface area contributed by atoms with Crippen LogP contribution in [0.4, 0.5) is 17.1 Å². The predicted octanol–water partition coefficient (Wildman–Crippen LogP) is 5.82. The fourth-order valence-electron chi connectivity index (χ4n) is 5.45. The summed E-state index contributed by atoms with van der Waals surface area (Å²) in [7, 11) is 2.97. The molecule has 3 heterocycles. The molecular formula is C30H29ClN6O5S. The molecule has 0 radical (unpaired) electrons. The molecule has 5 rings (SSSR count). The van der Waals surface area contributed by atoms with Gasteiger partial charge in [-0.2, -0.15) is 0 Å². The van der Waals surface area contributed by atoms with Crippen LogP contribution >= 0.6 is 23.8 Å². The highest BCUT2D eigenvalue weighted by molar-refractivity contribution is 7.80. The normalized spacial score (nSPS) is 16.2. The maximum Gasteiger partial charge on any atom is 0.271 e. The number of hydrogen-bond donors (Lipinski definition) is 2. The first kappa shape index (κ1) is 30.0. The summed E-state index contributed by atoms with van der Waals surface area (Å²) in [5.41, 5.74) is 5.03. The molecule has 2 aromatic carbocycles. The van der Waals surface area contributed by atoms with Gasteiger partial charge in [0.15, 0.2) is 5.11 Å². The summed E-state index contributed by atoms with van der Waals surface area (Å²) >= 11 is 12.5. The summed E-state index contributed by atoms with van der Waals surface area (Å²) in [6.45, 7) is 3.79. The molecule has 2 atom stereocenters. The fourth-order valence-corrected chi connectivity index (χ4v) is 6.01. The largest absolute Gasteiger partial charge is 0.495 e. The van der Waals surface area contributed by atoms with E-state index in [1.807, 2.05) is 53.6 Å². The van der Waals surface area contributed by atoms with E-state index in [9.17, 15) is 14.9 Å². The molecule has 43 heavy (non-hydrogen) atoms. The molecule has 1 fully saturated rings. The molecule has 0 unspecified atom stereocenters. The quantitative estimate of drug-likeness (QED) is 0.135. The van der Waals surface area contributed by atoms with Gasteiger partial charge in [0.25, 0.3) is 5.69 Å². The van der Waals surface area contributed by atoms with Gasteiger partial charge < -0.3 is 29.6 Å². The standard InChI is InChI=1S/C30H29ClN6O5S/c1-17-13-21(18(2)35(17)25-15-20(37(39)40)9-11-26(25)42-4)29-28(24-7-5-6-12-32-24)34-30(43)36(29)19-8-10-23(22(31)14-19)33-27(38)16-41-3/h5-15,28-29H,16H2,1-4H3,(H,33,38)(H,34,43)/t28-,29+/m0/s1. The molecule has 0 spiro atoms. The number of non-ortho nitro benzene ring substituents is 1. The molecule has 2 N–H and O–H groups in total. The van der Waals surface area contributed by atoms with E-state index in [2.05, 4.69) is 15.6 Å². The SMILES string of the molecule is COCC(=O)Nc1ccc(N2C(=S)N[C@@H](c3ccccn3)[C@H]2c2cc(C)n(-c3cc([N+](=O)[O-])ccc3OC)c2C)cc1Cl. The smallest absolute Gasteiger partial charge is 0.271 e. The van der Waals surface area contributed by atoms with E-state index in [1.165, 1.54) is 26.4 Å². The van der Waals surface area contributed by atoms with Crippen molar-refractivity contribution in [2.24, 2.45) is 0 Å². The first-order valence-corrected chi connectivity index (χ1v) is 14.0. The average Bonchev–Trinajstić information content (AvgIpc) is 3.48. The summed E-state index contributed by atoms with van der Waals surface area (Å²) in [5.74, 6) is 0.169. The number of thiocarbonyl (C=S) groups is 1. The third kappa shape index (κ3) is 5.76. The summed E-state index contributed by atoms with van der Waals surface area (Å²) in [6, 6.07) is 16.8. The van der Waals surface area contributed by atoms with Crippen molar-refractivity contribution < 1.29 is 19.2 Å². The number of amides is 1. The molecular weight excluding hydrogens is 592 g/mol. The van der Waals surface area contributed by atoms with Gasteiger partial charge in [0.1, 0.15) is 12.4 Å². The second kappa shape index (κ2) is 12.4. The Balaban J connectivity index is 1.65. The molecule has 1 aliphatic rings. The number of aryl methyl sites for hydroxylation is 1.